The summed E-state index contributed by atoms with van der Waals surface area (Å²) in [5.41, 5.74) is 0. The lowest BCUT2D eigenvalue weighted by molar-refractivity contribution is -0.140. The smallest absolute Gasteiger partial charge is 0.325 e. The molecule has 0 aliphatic heterocycles. The third kappa shape index (κ3) is 5.88. The van der Waals surface area contributed by atoms with Gasteiger partial charge in [-0.2, -0.15) is 0 Å². The zero-order chi connectivity index (χ0) is 10.3. The number of hydrogen-bond donors (Lipinski definition) is 1. The average molecular weight is 208 g/mol. The van der Waals surface area contributed by atoms with E-state index >= 15 is 0 Å². The second kappa shape index (κ2) is 7.15. The Morgan fingerprint density at radius 1 is 1.62 bits per heavy atom. The molecule has 0 spiro atoms. The molecule has 78 valence electrons. The van der Waals surface area contributed by atoms with Crippen molar-refractivity contribution >= 4 is 17.6 Å². The minimum atomic E-state index is -0.579. The molecule has 0 saturated carbocycles. The second-order valence-corrected chi connectivity index (χ2v) is 3.62. The Bertz CT molecular complexity index is 153. The van der Waals surface area contributed by atoms with Crippen molar-refractivity contribution in [1.29, 1.82) is 0 Å². The summed E-state index contributed by atoms with van der Waals surface area (Å²) in [6, 6.07) is 0.399. The zero-order valence-electron chi connectivity index (χ0n) is 8.47. The van der Waals surface area contributed by atoms with Crippen molar-refractivity contribution in [3.8, 4) is 0 Å². The number of carbonyl (C=O) groups excluding carboxylic acids is 1. The van der Waals surface area contributed by atoms with Gasteiger partial charge in [0, 0.05) is 12.6 Å². The highest BCUT2D eigenvalue weighted by Crippen LogP contribution is 1.99. The summed E-state index contributed by atoms with van der Waals surface area (Å²) in [6.07, 6.45) is 2.21. The van der Waals surface area contributed by atoms with Gasteiger partial charge in [0.05, 0.1) is 7.11 Å². The van der Waals surface area contributed by atoms with Gasteiger partial charge in [-0.25, -0.2) is 0 Å². The van der Waals surface area contributed by atoms with Crippen LogP contribution in [0.1, 0.15) is 26.7 Å². The maximum absolute atomic E-state index is 10.9. The van der Waals surface area contributed by atoms with Gasteiger partial charge in [0.2, 0.25) is 0 Å². The van der Waals surface area contributed by atoms with Crippen LogP contribution in [0.2, 0.25) is 0 Å². The van der Waals surface area contributed by atoms with E-state index in [0.717, 1.165) is 12.8 Å². The van der Waals surface area contributed by atoms with Gasteiger partial charge in [-0.3, -0.25) is 4.79 Å². The Hall–Kier alpha value is -0.280. The summed E-state index contributed by atoms with van der Waals surface area (Å²) in [7, 11) is 1.34. The first-order valence-corrected chi connectivity index (χ1v) is 5.00. The molecule has 0 aliphatic carbocycles. The SMILES string of the molecule is CCCC(C)NCC(Cl)C(=O)OC. The normalized spacial score (nSPS) is 15.1. The molecule has 0 aliphatic rings. The number of hydrogen-bond acceptors (Lipinski definition) is 3. The van der Waals surface area contributed by atoms with E-state index in [1.54, 1.807) is 0 Å². The van der Waals surface area contributed by atoms with E-state index in [1.165, 1.54) is 7.11 Å². The molecule has 3 nitrogen and oxygen atoms in total. The maximum Gasteiger partial charge on any atom is 0.325 e. The molecule has 0 radical (unpaired) electrons. The van der Waals surface area contributed by atoms with Gasteiger partial charge in [0.25, 0.3) is 0 Å². The lowest BCUT2D eigenvalue weighted by atomic mass is 10.2. The quantitative estimate of drug-likeness (QED) is 0.531. The number of methoxy groups -OCH3 is 1. The van der Waals surface area contributed by atoms with Gasteiger partial charge in [0.1, 0.15) is 5.38 Å². The number of carbonyl (C=O) groups is 1. The van der Waals surface area contributed by atoms with Gasteiger partial charge in [-0.1, -0.05) is 13.3 Å². The van der Waals surface area contributed by atoms with Crippen molar-refractivity contribution in [2.75, 3.05) is 13.7 Å². The molecule has 4 heteroatoms. The van der Waals surface area contributed by atoms with Crippen molar-refractivity contribution < 1.29 is 9.53 Å². The van der Waals surface area contributed by atoms with Gasteiger partial charge in [0.15, 0.2) is 0 Å². The van der Waals surface area contributed by atoms with Crippen LogP contribution in [-0.4, -0.2) is 31.0 Å². The van der Waals surface area contributed by atoms with E-state index in [0.29, 0.717) is 12.6 Å². The Labute approximate surface area is 84.8 Å². The molecule has 0 heterocycles. The molecule has 0 fully saturated rings. The first-order chi connectivity index (χ1) is 6.11. The summed E-state index contributed by atoms with van der Waals surface area (Å²) in [5, 5.41) is 2.59. The third-order valence-corrected chi connectivity index (χ3v) is 2.16. The van der Waals surface area contributed by atoms with Crippen LogP contribution >= 0.6 is 11.6 Å². The van der Waals surface area contributed by atoms with Crippen molar-refractivity contribution in [3.05, 3.63) is 0 Å². The summed E-state index contributed by atoms with van der Waals surface area (Å²) in [5.74, 6) is -0.377. The Morgan fingerprint density at radius 2 is 2.23 bits per heavy atom. The lowest BCUT2D eigenvalue weighted by Crippen LogP contribution is -2.35. The van der Waals surface area contributed by atoms with E-state index < -0.39 is 5.38 Å². The highest BCUT2D eigenvalue weighted by Gasteiger charge is 2.15. The fraction of sp³-hybridized carbons (Fsp3) is 0.889. The van der Waals surface area contributed by atoms with Gasteiger partial charge < -0.3 is 10.1 Å². The number of ether oxygens (including phenoxy) is 1. The van der Waals surface area contributed by atoms with Crippen molar-refractivity contribution in [3.63, 3.8) is 0 Å². The highest BCUT2D eigenvalue weighted by molar-refractivity contribution is 6.30. The molecular formula is C9H18ClNO2. The molecule has 0 saturated heterocycles. The first kappa shape index (κ1) is 12.7. The van der Waals surface area contributed by atoms with Gasteiger partial charge >= 0.3 is 5.97 Å². The molecule has 0 rings (SSSR count). The molecule has 0 bridgehead atoms. The topological polar surface area (TPSA) is 38.3 Å². The molecule has 0 amide bonds. The van der Waals surface area contributed by atoms with Crippen molar-refractivity contribution in [1.82, 2.24) is 5.32 Å². The molecule has 0 aromatic carbocycles. The van der Waals surface area contributed by atoms with Gasteiger partial charge in [-0.05, 0) is 13.3 Å². The Kier molecular flexibility index (Phi) is 7.00. The molecule has 1 N–H and O–H groups in total. The second-order valence-electron chi connectivity index (χ2n) is 3.09. The lowest BCUT2D eigenvalue weighted by Gasteiger charge is -2.14. The summed E-state index contributed by atoms with van der Waals surface area (Å²) < 4.78 is 4.49. The third-order valence-electron chi connectivity index (χ3n) is 1.82. The fourth-order valence-corrected chi connectivity index (χ4v) is 1.23. The van der Waals surface area contributed by atoms with Crippen molar-refractivity contribution in [2.45, 2.75) is 38.1 Å². The standard InChI is InChI=1S/C9H18ClNO2/c1-4-5-7(2)11-6-8(10)9(12)13-3/h7-8,11H,4-6H2,1-3H3. The van der Waals surface area contributed by atoms with E-state index in [4.69, 9.17) is 11.6 Å². The van der Waals surface area contributed by atoms with Crippen LogP contribution in [0, 0.1) is 0 Å². The van der Waals surface area contributed by atoms with Crippen LogP contribution in [0.5, 0.6) is 0 Å². The van der Waals surface area contributed by atoms with E-state index in [2.05, 4.69) is 23.9 Å². The first-order valence-electron chi connectivity index (χ1n) is 4.57. The molecule has 0 aromatic heterocycles. The minimum absolute atomic E-state index is 0.377. The van der Waals surface area contributed by atoms with Crippen LogP contribution < -0.4 is 5.32 Å². The molecule has 2 atom stereocenters. The van der Waals surface area contributed by atoms with Crippen LogP contribution in [0.3, 0.4) is 0 Å². The predicted molar refractivity (Wildman–Crippen MR) is 54.0 cm³/mol. The molecule has 0 aromatic rings. The molecule has 13 heavy (non-hydrogen) atoms. The van der Waals surface area contributed by atoms with Crippen molar-refractivity contribution in [2.24, 2.45) is 0 Å². The average Bonchev–Trinajstić information content (AvgIpc) is 2.13. The number of nitrogens with one attached hydrogen (secondary N) is 1. The number of alkyl halides is 1. The van der Waals surface area contributed by atoms with E-state index in [9.17, 15) is 4.79 Å². The Morgan fingerprint density at radius 3 is 2.69 bits per heavy atom. The number of rotatable bonds is 6. The fourth-order valence-electron chi connectivity index (χ4n) is 1.05. The largest absolute Gasteiger partial charge is 0.468 e. The highest BCUT2D eigenvalue weighted by atomic mass is 35.5. The van der Waals surface area contributed by atoms with E-state index in [-0.39, 0.29) is 5.97 Å². The van der Waals surface area contributed by atoms with E-state index in [1.807, 2.05) is 0 Å². The maximum atomic E-state index is 10.9. The van der Waals surface area contributed by atoms with Crippen LogP contribution in [0.25, 0.3) is 0 Å². The monoisotopic (exact) mass is 207 g/mol. The number of halogens is 1. The minimum Gasteiger partial charge on any atom is -0.468 e. The van der Waals surface area contributed by atoms with Crippen LogP contribution in [-0.2, 0) is 9.53 Å². The Balaban J connectivity index is 3.56. The zero-order valence-corrected chi connectivity index (χ0v) is 9.23. The summed E-state index contributed by atoms with van der Waals surface area (Å²) >= 11 is 5.74. The molecular weight excluding hydrogens is 190 g/mol. The van der Waals surface area contributed by atoms with Gasteiger partial charge in [-0.15, -0.1) is 11.6 Å². The summed E-state index contributed by atoms with van der Waals surface area (Å²) in [6.45, 7) is 4.66. The number of esters is 1. The van der Waals surface area contributed by atoms with Crippen LogP contribution in [0.15, 0.2) is 0 Å². The molecule has 2 unspecified atom stereocenters. The predicted octanol–water partition coefficient (Wildman–Crippen LogP) is 1.55. The van der Waals surface area contributed by atoms with Crippen LogP contribution in [0.4, 0.5) is 0 Å². The summed E-state index contributed by atoms with van der Waals surface area (Å²) in [4.78, 5) is 10.9.